The smallest absolute Gasteiger partial charge is 0.303 e. The fourth-order valence-electron chi connectivity index (χ4n) is 1.27. The van der Waals surface area contributed by atoms with Crippen molar-refractivity contribution >= 4 is 5.97 Å². The molecule has 0 aromatic rings. The fourth-order valence-corrected chi connectivity index (χ4v) is 1.27. The van der Waals surface area contributed by atoms with Crippen LogP contribution >= 0.6 is 0 Å². The van der Waals surface area contributed by atoms with Gasteiger partial charge in [-0.05, 0) is 11.8 Å². The standard InChI is InChI=1S/C10H20O2/c1-8(2)5-4-6-9(3)7-10(11)12/h8-9H,4-7H2,1-3H3,(H,11,12). The molecule has 0 fully saturated rings. The molecule has 0 amide bonds. The molecular weight excluding hydrogens is 152 g/mol. The van der Waals surface area contributed by atoms with Crippen molar-refractivity contribution in [3.8, 4) is 0 Å². The number of aliphatic carboxylic acids is 1. The van der Waals surface area contributed by atoms with Crippen molar-refractivity contribution in [3.05, 3.63) is 0 Å². The van der Waals surface area contributed by atoms with Gasteiger partial charge in [-0.25, -0.2) is 0 Å². The second-order valence-corrected chi connectivity index (χ2v) is 4.03. The zero-order chi connectivity index (χ0) is 9.56. The van der Waals surface area contributed by atoms with Gasteiger partial charge in [0, 0.05) is 6.42 Å². The average molecular weight is 172 g/mol. The lowest BCUT2D eigenvalue weighted by molar-refractivity contribution is -0.138. The number of carboxylic acids is 1. The summed E-state index contributed by atoms with van der Waals surface area (Å²) in [6, 6.07) is 0. The third-order valence-corrected chi connectivity index (χ3v) is 2.00. The van der Waals surface area contributed by atoms with E-state index in [9.17, 15) is 4.79 Å². The molecule has 1 N–H and O–H groups in total. The van der Waals surface area contributed by atoms with Crippen molar-refractivity contribution in [1.82, 2.24) is 0 Å². The van der Waals surface area contributed by atoms with Gasteiger partial charge in [0.1, 0.15) is 0 Å². The summed E-state index contributed by atoms with van der Waals surface area (Å²) in [7, 11) is 0. The molecule has 0 heterocycles. The Labute approximate surface area is 75.0 Å². The molecule has 0 radical (unpaired) electrons. The van der Waals surface area contributed by atoms with E-state index in [1.54, 1.807) is 0 Å². The summed E-state index contributed by atoms with van der Waals surface area (Å²) >= 11 is 0. The lowest BCUT2D eigenvalue weighted by Gasteiger charge is -2.09. The lowest BCUT2D eigenvalue weighted by atomic mass is 9.97. The molecule has 72 valence electrons. The van der Waals surface area contributed by atoms with Crippen molar-refractivity contribution < 1.29 is 9.90 Å². The number of rotatable bonds is 6. The summed E-state index contributed by atoms with van der Waals surface area (Å²) in [6.07, 6.45) is 3.73. The molecule has 1 atom stereocenters. The maximum absolute atomic E-state index is 10.3. The first-order valence-electron chi connectivity index (χ1n) is 4.74. The molecule has 1 unspecified atom stereocenters. The van der Waals surface area contributed by atoms with Gasteiger partial charge in [0.25, 0.3) is 0 Å². The topological polar surface area (TPSA) is 37.3 Å². The van der Waals surface area contributed by atoms with E-state index in [1.807, 2.05) is 6.92 Å². The highest BCUT2D eigenvalue weighted by atomic mass is 16.4. The third-order valence-electron chi connectivity index (χ3n) is 2.00. The number of carbonyl (C=O) groups is 1. The van der Waals surface area contributed by atoms with Crippen molar-refractivity contribution in [2.45, 2.75) is 46.5 Å². The highest BCUT2D eigenvalue weighted by Crippen LogP contribution is 2.14. The van der Waals surface area contributed by atoms with E-state index in [0.29, 0.717) is 12.3 Å². The van der Waals surface area contributed by atoms with E-state index in [1.165, 1.54) is 6.42 Å². The highest BCUT2D eigenvalue weighted by molar-refractivity contribution is 5.66. The molecule has 0 saturated carbocycles. The van der Waals surface area contributed by atoms with Gasteiger partial charge in [0.2, 0.25) is 0 Å². The second kappa shape index (κ2) is 6.04. The Morgan fingerprint density at radius 1 is 1.25 bits per heavy atom. The quantitative estimate of drug-likeness (QED) is 0.668. The van der Waals surface area contributed by atoms with Crippen LogP contribution in [0, 0.1) is 11.8 Å². The minimum Gasteiger partial charge on any atom is -0.481 e. The third kappa shape index (κ3) is 7.58. The molecule has 0 spiro atoms. The van der Waals surface area contributed by atoms with Crippen molar-refractivity contribution in [1.29, 1.82) is 0 Å². The molecule has 0 saturated heterocycles. The molecule has 0 aliphatic rings. The highest BCUT2D eigenvalue weighted by Gasteiger charge is 2.07. The van der Waals surface area contributed by atoms with Crippen LogP contribution in [-0.4, -0.2) is 11.1 Å². The van der Waals surface area contributed by atoms with Gasteiger partial charge in [-0.15, -0.1) is 0 Å². The van der Waals surface area contributed by atoms with Gasteiger partial charge >= 0.3 is 5.97 Å². The Bertz CT molecular complexity index is 130. The summed E-state index contributed by atoms with van der Waals surface area (Å²) < 4.78 is 0. The number of hydrogen-bond donors (Lipinski definition) is 1. The van der Waals surface area contributed by atoms with E-state index >= 15 is 0 Å². The number of hydrogen-bond acceptors (Lipinski definition) is 1. The van der Waals surface area contributed by atoms with Gasteiger partial charge in [0.15, 0.2) is 0 Å². The van der Waals surface area contributed by atoms with Gasteiger partial charge < -0.3 is 5.11 Å². The maximum Gasteiger partial charge on any atom is 0.303 e. The van der Waals surface area contributed by atoms with Crippen LogP contribution in [0.2, 0.25) is 0 Å². The van der Waals surface area contributed by atoms with Crippen molar-refractivity contribution in [3.63, 3.8) is 0 Å². The van der Waals surface area contributed by atoms with Crippen molar-refractivity contribution in [2.75, 3.05) is 0 Å². The van der Waals surface area contributed by atoms with Crippen LogP contribution in [0.4, 0.5) is 0 Å². The van der Waals surface area contributed by atoms with E-state index in [4.69, 9.17) is 5.11 Å². The first-order valence-corrected chi connectivity index (χ1v) is 4.74. The Hall–Kier alpha value is -0.530. The lowest BCUT2D eigenvalue weighted by Crippen LogP contribution is -2.04. The van der Waals surface area contributed by atoms with Crippen LogP contribution in [0.3, 0.4) is 0 Å². The Morgan fingerprint density at radius 3 is 2.25 bits per heavy atom. The van der Waals surface area contributed by atoms with Crippen LogP contribution in [0.5, 0.6) is 0 Å². The number of carboxylic acid groups (broad SMARTS) is 1. The first kappa shape index (κ1) is 11.5. The average Bonchev–Trinajstić information content (AvgIpc) is 1.84. The minimum absolute atomic E-state index is 0.318. The monoisotopic (exact) mass is 172 g/mol. The maximum atomic E-state index is 10.3. The fraction of sp³-hybridized carbons (Fsp3) is 0.900. The summed E-state index contributed by atoms with van der Waals surface area (Å²) in [5.41, 5.74) is 0. The van der Waals surface area contributed by atoms with Crippen LogP contribution in [0.15, 0.2) is 0 Å². The molecule has 0 aliphatic carbocycles. The molecule has 0 rings (SSSR count). The summed E-state index contributed by atoms with van der Waals surface area (Å²) in [4.78, 5) is 10.3. The Morgan fingerprint density at radius 2 is 1.83 bits per heavy atom. The normalized spacial score (nSPS) is 13.3. The van der Waals surface area contributed by atoms with Crippen molar-refractivity contribution in [2.24, 2.45) is 11.8 Å². The van der Waals surface area contributed by atoms with E-state index < -0.39 is 5.97 Å². The van der Waals surface area contributed by atoms with E-state index in [0.717, 1.165) is 18.8 Å². The summed E-state index contributed by atoms with van der Waals surface area (Å²) in [5, 5.41) is 8.49. The van der Waals surface area contributed by atoms with E-state index in [2.05, 4.69) is 13.8 Å². The van der Waals surface area contributed by atoms with Gasteiger partial charge in [-0.3, -0.25) is 4.79 Å². The zero-order valence-corrected chi connectivity index (χ0v) is 8.34. The van der Waals surface area contributed by atoms with Gasteiger partial charge in [-0.1, -0.05) is 40.0 Å². The van der Waals surface area contributed by atoms with Crippen LogP contribution in [0.25, 0.3) is 0 Å². The molecular formula is C10H20O2. The Kier molecular flexibility index (Phi) is 5.77. The van der Waals surface area contributed by atoms with E-state index in [-0.39, 0.29) is 0 Å². The first-order chi connectivity index (χ1) is 5.52. The van der Waals surface area contributed by atoms with Crippen LogP contribution in [0.1, 0.15) is 46.5 Å². The second-order valence-electron chi connectivity index (χ2n) is 4.03. The molecule has 12 heavy (non-hydrogen) atoms. The molecule has 0 aromatic heterocycles. The predicted molar refractivity (Wildman–Crippen MR) is 50.1 cm³/mol. The molecule has 2 nitrogen and oxygen atoms in total. The van der Waals surface area contributed by atoms with Gasteiger partial charge in [-0.2, -0.15) is 0 Å². The molecule has 0 bridgehead atoms. The SMILES string of the molecule is CC(C)CCCC(C)CC(=O)O. The minimum atomic E-state index is -0.674. The Balaban J connectivity index is 3.31. The zero-order valence-electron chi connectivity index (χ0n) is 8.34. The molecule has 0 aromatic carbocycles. The molecule has 2 heteroatoms. The largest absolute Gasteiger partial charge is 0.481 e. The van der Waals surface area contributed by atoms with Crippen LogP contribution in [-0.2, 0) is 4.79 Å². The molecule has 0 aliphatic heterocycles. The summed E-state index contributed by atoms with van der Waals surface area (Å²) in [5.74, 6) is 0.398. The van der Waals surface area contributed by atoms with Crippen LogP contribution < -0.4 is 0 Å². The predicted octanol–water partition coefficient (Wildman–Crippen LogP) is 2.92. The van der Waals surface area contributed by atoms with Gasteiger partial charge in [0.05, 0.1) is 0 Å². The summed E-state index contributed by atoms with van der Waals surface area (Å²) in [6.45, 7) is 6.40.